The number of Topliss-reactive ketones (excluding diaryl/α,β-unsaturated/α-hetero) is 1. The molecule has 0 radical (unpaired) electrons. The molecule has 2 rings (SSSR count). The zero-order valence-corrected chi connectivity index (χ0v) is 11.7. The van der Waals surface area contributed by atoms with Crippen molar-refractivity contribution in [3.05, 3.63) is 59.2 Å². The maximum atomic E-state index is 13.6. The van der Waals surface area contributed by atoms with Crippen molar-refractivity contribution >= 4 is 5.78 Å². The molecule has 0 unspecified atom stereocenters. The topological polar surface area (TPSA) is 35.5 Å². The summed E-state index contributed by atoms with van der Waals surface area (Å²) < 4.78 is 36.9. The van der Waals surface area contributed by atoms with Gasteiger partial charge in [0.25, 0.3) is 0 Å². The molecule has 0 aliphatic heterocycles. The van der Waals surface area contributed by atoms with Crippen LogP contribution in [0, 0.1) is 11.6 Å². The van der Waals surface area contributed by atoms with Gasteiger partial charge in [0.05, 0.1) is 19.8 Å². The molecule has 0 aliphatic rings. The second kappa shape index (κ2) is 6.35. The number of methoxy groups -OCH3 is 2. The average Bonchev–Trinajstić information content (AvgIpc) is 2.51. The number of benzene rings is 2. The summed E-state index contributed by atoms with van der Waals surface area (Å²) in [6.07, 6.45) is -0.244. The molecule has 0 atom stereocenters. The first-order valence-corrected chi connectivity index (χ1v) is 6.25. The molecule has 5 heteroatoms. The van der Waals surface area contributed by atoms with E-state index in [0.29, 0.717) is 17.1 Å². The smallest absolute Gasteiger partial charge is 0.171 e. The van der Waals surface area contributed by atoms with Crippen molar-refractivity contribution in [2.75, 3.05) is 14.2 Å². The summed E-state index contributed by atoms with van der Waals surface area (Å²) >= 11 is 0. The molecule has 3 nitrogen and oxygen atoms in total. The quantitative estimate of drug-likeness (QED) is 0.792. The van der Waals surface area contributed by atoms with Gasteiger partial charge < -0.3 is 9.47 Å². The molecule has 0 saturated carbocycles. The highest BCUT2D eigenvalue weighted by atomic mass is 19.2. The number of ketones is 1. The van der Waals surface area contributed by atoms with E-state index in [-0.39, 0.29) is 17.8 Å². The van der Waals surface area contributed by atoms with Crippen molar-refractivity contribution < 1.29 is 23.0 Å². The maximum Gasteiger partial charge on any atom is 0.171 e. The molecule has 0 fully saturated rings. The van der Waals surface area contributed by atoms with Crippen molar-refractivity contribution in [1.82, 2.24) is 0 Å². The maximum absolute atomic E-state index is 13.6. The molecular weight excluding hydrogens is 278 g/mol. The standard InChI is InChI=1S/C16H14F2O3/c1-20-11-6-7-12(15(9-11)21-2)14(19)8-10-4-3-5-13(17)16(10)18/h3-7,9H,8H2,1-2H3. The van der Waals surface area contributed by atoms with E-state index >= 15 is 0 Å². The highest BCUT2D eigenvalue weighted by molar-refractivity contribution is 6.00. The Morgan fingerprint density at radius 3 is 2.52 bits per heavy atom. The van der Waals surface area contributed by atoms with Crippen molar-refractivity contribution in [3.8, 4) is 11.5 Å². The van der Waals surface area contributed by atoms with Crippen LogP contribution in [0.2, 0.25) is 0 Å². The van der Waals surface area contributed by atoms with E-state index in [2.05, 4.69) is 0 Å². The van der Waals surface area contributed by atoms with E-state index in [9.17, 15) is 13.6 Å². The van der Waals surface area contributed by atoms with Gasteiger partial charge in [-0.15, -0.1) is 0 Å². The van der Waals surface area contributed by atoms with Crippen LogP contribution >= 0.6 is 0 Å². The summed E-state index contributed by atoms with van der Waals surface area (Å²) in [5.41, 5.74) is 0.305. The third-order valence-electron chi connectivity index (χ3n) is 3.09. The number of halogens is 2. The third kappa shape index (κ3) is 3.18. The van der Waals surface area contributed by atoms with Crippen molar-refractivity contribution in [2.24, 2.45) is 0 Å². The second-order valence-electron chi connectivity index (χ2n) is 4.38. The van der Waals surface area contributed by atoms with Crippen LogP contribution in [0.3, 0.4) is 0 Å². The van der Waals surface area contributed by atoms with Crippen LogP contribution in [0.25, 0.3) is 0 Å². The van der Waals surface area contributed by atoms with Gasteiger partial charge in [0.2, 0.25) is 0 Å². The van der Waals surface area contributed by atoms with Crippen LogP contribution in [-0.4, -0.2) is 20.0 Å². The van der Waals surface area contributed by atoms with Crippen molar-refractivity contribution in [2.45, 2.75) is 6.42 Å². The lowest BCUT2D eigenvalue weighted by molar-refractivity contribution is 0.0988. The molecule has 0 spiro atoms. The number of ether oxygens (including phenoxy) is 2. The zero-order valence-electron chi connectivity index (χ0n) is 11.7. The molecule has 21 heavy (non-hydrogen) atoms. The van der Waals surface area contributed by atoms with Gasteiger partial charge >= 0.3 is 0 Å². The van der Waals surface area contributed by atoms with Crippen molar-refractivity contribution in [3.63, 3.8) is 0 Å². The first kappa shape index (κ1) is 15.0. The van der Waals surface area contributed by atoms with Crippen molar-refractivity contribution in [1.29, 1.82) is 0 Å². The fourth-order valence-corrected chi connectivity index (χ4v) is 1.98. The zero-order chi connectivity index (χ0) is 15.4. The third-order valence-corrected chi connectivity index (χ3v) is 3.09. The van der Waals surface area contributed by atoms with E-state index < -0.39 is 11.6 Å². The Hall–Kier alpha value is -2.43. The lowest BCUT2D eigenvalue weighted by atomic mass is 10.0. The number of hydrogen-bond donors (Lipinski definition) is 0. The predicted octanol–water partition coefficient (Wildman–Crippen LogP) is 3.41. The largest absolute Gasteiger partial charge is 0.497 e. The van der Waals surface area contributed by atoms with Gasteiger partial charge in [-0.1, -0.05) is 12.1 Å². The first-order chi connectivity index (χ1) is 10.1. The molecule has 0 saturated heterocycles. The Balaban J connectivity index is 2.30. The van der Waals surface area contributed by atoms with Crippen LogP contribution < -0.4 is 9.47 Å². The van der Waals surface area contributed by atoms with Crippen LogP contribution in [0.4, 0.5) is 8.78 Å². The van der Waals surface area contributed by atoms with Crippen LogP contribution in [0.15, 0.2) is 36.4 Å². The summed E-state index contributed by atoms with van der Waals surface area (Å²) in [5, 5.41) is 0. The SMILES string of the molecule is COc1ccc(C(=O)Cc2cccc(F)c2F)c(OC)c1. The molecule has 0 amide bonds. The molecule has 2 aromatic carbocycles. The number of rotatable bonds is 5. The van der Waals surface area contributed by atoms with Gasteiger partial charge in [0.1, 0.15) is 11.5 Å². The fraction of sp³-hybridized carbons (Fsp3) is 0.188. The monoisotopic (exact) mass is 292 g/mol. The van der Waals surface area contributed by atoms with E-state index in [0.717, 1.165) is 6.07 Å². The molecule has 0 N–H and O–H groups in total. The average molecular weight is 292 g/mol. The Kier molecular flexibility index (Phi) is 4.52. The summed E-state index contributed by atoms with van der Waals surface area (Å²) in [6.45, 7) is 0. The molecular formula is C16H14F2O3. The normalized spacial score (nSPS) is 10.3. The van der Waals surface area contributed by atoms with Crippen LogP contribution in [-0.2, 0) is 6.42 Å². The van der Waals surface area contributed by atoms with Gasteiger partial charge in [0.15, 0.2) is 17.4 Å². The van der Waals surface area contributed by atoms with Crippen LogP contribution in [0.5, 0.6) is 11.5 Å². The van der Waals surface area contributed by atoms with Gasteiger partial charge in [-0.2, -0.15) is 0 Å². The fourth-order valence-electron chi connectivity index (χ4n) is 1.98. The molecule has 2 aromatic rings. The summed E-state index contributed by atoms with van der Waals surface area (Å²) in [4.78, 5) is 12.2. The molecule has 0 bridgehead atoms. The lowest BCUT2D eigenvalue weighted by Gasteiger charge is -2.10. The Labute approximate surface area is 121 Å². The van der Waals surface area contributed by atoms with E-state index in [1.165, 1.54) is 32.4 Å². The Morgan fingerprint density at radius 2 is 1.86 bits per heavy atom. The molecule has 0 aliphatic carbocycles. The number of carbonyl (C=O) groups is 1. The summed E-state index contributed by atoms with van der Waals surface area (Å²) in [6, 6.07) is 8.47. The van der Waals surface area contributed by atoms with E-state index in [4.69, 9.17) is 9.47 Å². The Bertz CT molecular complexity index is 669. The lowest BCUT2D eigenvalue weighted by Crippen LogP contribution is -2.08. The van der Waals surface area contributed by atoms with E-state index in [1.54, 1.807) is 12.1 Å². The Morgan fingerprint density at radius 1 is 1.10 bits per heavy atom. The number of hydrogen-bond acceptors (Lipinski definition) is 3. The predicted molar refractivity (Wildman–Crippen MR) is 73.9 cm³/mol. The minimum atomic E-state index is -1.00. The van der Waals surface area contributed by atoms with E-state index in [1.807, 2.05) is 0 Å². The van der Waals surface area contributed by atoms with Gasteiger partial charge in [-0.25, -0.2) is 8.78 Å². The summed E-state index contributed by atoms with van der Waals surface area (Å²) in [5.74, 6) is -1.46. The summed E-state index contributed by atoms with van der Waals surface area (Å²) in [7, 11) is 2.92. The highest BCUT2D eigenvalue weighted by Crippen LogP contribution is 2.26. The van der Waals surface area contributed by atoms with Gasteiger partial charge in [0, 0.05) is 12.5 Å². The highest BCUT2D eigenvalue weighted by Gasteiger charge is 2.17. The van der Waals surface area contributed by atoms with Gasteiger partial charge in [-0.3, -0.25) is 4.79 Å². The molecule has 0 heterocycles. The second-order valence-corrected chi connectivity index (χ2v) is 4.38. The molecule has 0 aromatic heterocycles. The molecule has 110 valence electrons. The minimum Gasteiger partial charge on any atom is -0.497 e. The number of carbonyl (C=O) groups excluding carboxylic acids is 1. The first-order valence-electron chi connectivity index (χ1n) is 6.25. The van der Waals surface area contributed by atoms with Gasteiger partial charge in [-0.05, 0) is 23.8 Å². The van der Waals surface area contributed by atoms with Crippen LogP contribution in [0.1, 0.15) is 15.9 Å². The minimum absolute atomic E-state index is 0.0119.